The number of likely N-dealkylation sites (N-methyl/N-ethyl adjacent to an activating group) is 1. The highest BCUT2D eigenvalue weighted by molar-refractivity contribution is 5.94. The number of rotatable bonds is 9. The van der Waals surface area contributed by atoms with Crippen molar-refractivity contribution in [2.24, 2.45) is 5.92 Å². The molecule has 1 aromatic carbocycles. The van der Waals surface area contributed by atoms with E-state index >= 15 is 0 Å². The Morgan fingerprint density at radius 1 is 0.939 bits per heavy atom. The Labute approximate surface area is 199 Å². The van der Waals surface area contributed by atoms with E-state index < -0.39 is 0 Å². The van der Waals surface area contributed by atoms with Gasteiger partial charge in [-0.15, -0.1) is 0 Å². The number of hydrogen-bond donors (Lipinski definition) is 1. The van der Waals surface area contributed by atoms with E-state index in [-0.39, 0.29) is 17.9 Å². The summed E-state index contributed by atoms with van der Waals surface area (Å²) >= 11 is 0. The van der Waals surface area contributed by atoms with Crippen molar-refractivity contribution >= 4 is 11.8 Å². The topological polar surface area (TPSA) is 67.3 Å². The fourth-order valence-corrected chi connectivity index (χ4v) is 4.90. The molecule has 0 atom stereocenters. The Bertz CT molecular complexity index is 749. The summed E-state index contributed by atoms with van der Waals surface area (Å²) in [6, 6.07) is 7.98. The van der Waals surface area contributed by atoms with Crippen molar-refractivity contribution in [2.75, 3.05) is 59.4 Å². The van der Waals surface area contributed by atoms with Crippen LogP contribution in [0.1, 0.15) is 55.5 Å². The van der Waals surface area contributed by atoms with Gasteiger partial charge in [0.15, 0.2) is 0 Å². The first-order chi connectivity index (χ1) is 15.9. The van der Waals surface area contributed by atoms with Gasteiger partial charge in [0, 0.05) is 64.3 Å². The van der Waals surface area contributed by atoms with E-state index in [1.54, 1.807) is 4.90 Å². The van der Waals surface area contributed by atoms with E-state index in [0.29, 0.717) is 12.5 Å². The van der Waals surface area contributed by atoms with Crippen molar-refractivity contribution in [1.82, 2.24) is 19.6 Å². The van der Waals surface area contributed by atoms with Gasteiger partial charge in [0.1, 0.15) is 0 Å². The smallest absolute Gasteiger partial charge is 0.253 e. The molecule has 7 nitrogen and oxygen atoms in total. The van der Waals surface area contributed by atoms with Crippen LogP contribution in [0.15, 0.2) is 24.3 Å². The second kappa shape index (κ2) is 12.5. The number of carbonyl (C=O) groups is 2. The summed E-state index contributed by atoms with van der Waals surface area (Å²) in [6.07, 6.45) is 3.33. The molecule has 2 heterocycles. The Hall–Kier alpha value is -1.96. The molecule has 0 bridgehead atoms. The third-order valence-electron chi connectivity index (χ3n) is 7.27. The van der Waals surface area contributed by atoms with Gasteiger partial charge in [-0.25, -0.2) is 0 Å². The summed E-state index contributed by atoms with van der Waals surface area (Å²) in [6.45, 7) is 11.7. The van der Waals surface area contributed by atoms with Crippen LogP contribution in [0.3, 0.4) is 0 Å². The first-order valence-corrected chi connectivity index (χ1v) is 12.7. The molecule has 7 heteroatoms. The molecule has 3 rings (SSSR count). The molecule has 0 unspecified atom stereocenters. The first kappa shape index (κ1) is 25.7. The molecule has 1 N–H and O–H groups in total. The third-order valence-corrected chi connectivity index (χ3v) is 7.27. The van der Waals surface area contributed by atoms with Gasteiger partial charge in [0.2, 0.25) is 5.91 Å². The van der Waals surface area contributed by atoms with Gasteiger partial charge >= 0.3 is 0 Å². The van der Waals surface area contributed by atoms with Gasteiger partial charge in [-0.3, -0.25) is 14.5 Å². The molecule has 0 saturated carbocycles. The van der Waals surface area contributed by atoms with Gasteiger partial charge in [-0.1, -0.05) is 12.1 Å². The van der Waals surface area contributed by atoms with Crippen LogP contribution in [0.5, 0.6) is 0 Å². The number of piperidine rings is 2. The van der Waals surface area contributed by atoms with Gasteiger partial charge in [-0.05, 0) is 70.3 Å². The summed E-state index contributed by atoms with van der Waals surface area (Å²) in [5.74, 6) is 0.519. The Morgan fingerprint density at radius 3 is 2.09 bits per heavy atom. The highest BCUT2D eigenvalue weighted by Crippen LogP contribution is 2.21. The minimum atomic E-state index is -0.166. The van der Waals surface area contributed by atoms with E-state index in [0.717, 1.165) is 83.6 Å². The Kier molecular flexibility index (Phi) is 9.71. The average molecular weight is 459 g/mol. The van der Waals surface area contributed by atoms with Crippen molar-refractivity contribution < 1.29 is 14.7 Å². The van der Waals surface area contributed by atoms with Gasteiger partial charge < -0.3 is 19.8 Å². The summed E-state index contributed by atoms with van der Waals surface area (Å²) in [4.78, 5) is 33.8. The summed E-state index contributed by atoms with van der Waals surface area (Å²) in [5.41, 5.74) is 1.92. The summed E-state index contributed by atoms with van der Waals surface area (Å²) in [7, 11) is 1.86. The fraction of sp³-hybridized carbons (Fsp3) is 0.692. The molecular weight excluding hydrogens is 416 g/mol. The molecule has 184 valence electrons. The molecule has 1 aromatic rings. The van der Waals surface area contributed by atoms with Crippen LogP contribution in [-0.2, 0) is 11.3 Å². The van der Waals surface area contributed by atoms with Crippen LogP contribution in [0.2, 0.25) is 0 Å². The van der Waals surface area contributed by atoms with Crippen LogP contribution in [0.4, 0.5) is 0 Å². The predicted molar refractivity (Wildman–Crippen MR) is 131 cm³/mol. The molecule has 0 radical (unpaired) electrons. The van der Waals surface area contributed by atoms with E-state index in [2.05, 4.69) is 21.9 Å². The predicted octanol–water partition coefficient (Wildman–Crippen LogP) is 2.30. The van der Waals surface area contributed by atoms with Crippen molar-refractivity contribution in [2.45, 2.75) is 52.2 Å². The number of nitrogens with zero attached hydrogens (tertiary/aromatic N) is 4. The largest absolute Gasteiger partial charge is 0.393 e. The molecule has 0 spiro atoms. The highest BCUT2D eigenvalue weighted by atomic mass is 16.3. The fourth-order valence-electron chi connectivity index (χ4n) is 4.90. The number of carbonyl (C=O) groups excluding carboxylic acids is 2. The zero-order valence-corrected chi connectivity index (χ0v) is 20.7. The maximum atomic E-state index is 12.8. The van der Waals surface area contributed by atoms with Gasteiger partial charge in [-0.2, -0.15) is 0 Å². The van der Waals surface area contributed by atoms with Crippen molar-refractivity contribution in [3.05, 3.63) is 35.4 Å². The quantitative estimate of drug-likeness (QED) is 0.615. The SMILES string of the molecule is CCN(CC)C(=O)C1CCN(Cc2ccc(C(=O)N(C)CCN3CCC(O)CC3)cc2)CC1. The van der Waals surface area contributed by atoms with Crippen molar-refractivity contribution in [1.29, 1.82) is 0 Å². The highest BCUT2D eigenvalue weighted by Gasteiger charge is 2.27. The number of aliphatic hydroxyl groups is 1. The van der Waals surface area contributed by atoms with Crippen molar-refractivity contribution in [3.63, 3.8) is 0 Å². The molecular formula is C26H42N4O3. The average Bonchev–Trinajstić information content (AvgIpc) is 2.84. The van der Waals surface area contributed by atoms with E-state index in [4.69, 9.17) is 0 Å². The second-order valence-corrected chi connectivity index (χ2v) is 9.56. The normalized spacial score (nSPS) is 18.9. The van der Waals surface area contributed by atoms with Crippen LogP contribution in [0.25, 0.3) is 0 Å². The molecule has 2 amide bonds. The van der Waals surface area contributed by atoms with Crippen LogP contribution in [0, 0.1) is 5.92 Å². The minimum Gasteiger partial charge on any atom is -0.393 e. The number of hydrogen-bond acceptors (Lipinski definition) is 5. The number of benzene rings is 1. The van der Waals surface area contributed by atoms with Gasteiger partial charge in [0.05, 0.1) is 6.10 Å². The molecule has 2 saturated heterocycles. The third kappa shape index (κ3) is 7.26. The molecule has 2 aliphatic heterocycles. The van der Waals surface area contributed by atoms with Crippen LogP contribution < -0.4 is 0 Å². The van der Waals surface area contributed by atoms with E-state index in [1.807, 2.05) is 37.9 Å². The van der Waals surface area contributed by atoms with Crippen LogP contribution >= 0.6 is 0 Å². The number of likely N-dealkylation sites (tertiary alicyclic amines) is 2. The summed E-state index contributed by atoms with van der Waals surface area (Å²) in [5, 5.41) is 9.63. The lowest BCUT2D eigenvalue weighted by molar-refractivity contribution is -0.136. The molecule has 2 aliphatic rings. The first-order valence-electron chi connectivity index (χ1n) is 12.7. The maximum Gasteiger partial charge on any atom is 0.253 e. The molecule has 2 fully saturated rings. The standard InChI is InChI=1S/C26H42N4O3/c1-4-30(5-2)26(33)23-10-14-29(15-11-23)20-21-6-8-22(9-7-21)25(32)27(3)18-19-28-16-12-24(31)13-17-28/h6-9,23-24,31H,4-5,10-20H2,1-3H3. The second-order valence-electron chi connectivity index (χ2n) is 9.56. The molecule has 0 aliphatic carbocycles. The monoisotopic (exact) mass is 458 g/mol. The number of amides is 2. The maximum absolute atomic E-state index is 12.8. The Balaban J connectivity index is 1.42. The van der Waals surface area contributed by atoms with Gasteiger partial charge in [0.25, 0.3) is 5.91 Å². The lowest BCUT2D eigenvalue weighted by Crippen LogP contribution is -2.42. The van der Waals surface area contributed by atoms with E-state index in [9.17, 15) is 14.7 Å². The Morgan fingerprint density at radius 2 is 1.52 bits per heavy atom. The summed E-state index contributed by atoms with van der Waals surface area (Å²) < 4.78 is 0. The van der Waals surface area contributed by atoms with E-state index in [1.165, 1.54) is 5.56 Å². The molecule has 0 aromatic heterocycles. The lowest BCUT2D eigenvalue weighted by atomic mass is 9.95. The van der Waals surface area contributed by atoms with Crippen LogP contribution in [-0.4, -0.2) is 102 Å². The lowest BCUT2D eigenvalue weighted by Gasteiger charge is -2.33. The minimum absolute atomic E-state index is 0.0503. The zero-order valence-electron chi connectivity index (χ0n) is 20.7. The number of aliphatic hydroxyl groups excluding tert-OH is 1. The zero-order chi connectivity index (χ0) is 23.8. The van der Waals surface area contributed by atoms with Crippen molar-refractivity contribution in [3.8, 4) is 0 Å². The molecule has 33 heavy (non-hydrogen) atoms.